The van der Waals surface area contributed by atoms with Crippen LogP contribution in [0.1, 0.15) is 45.4 Å². The first kappa shape index (κ1) is 16.4. The first-order chi connectivity index (χ1) is 9.08. The van der Waals surface area contributed by atoms with Crippen molar-refractivity contribution in [2.45, 2.75) is 57.0 Å². The predicted octanol–water partition coefficient (Wildman–Crippen LogP) is 1.81. The molecule has 112 valence electrons. The summed E-state index contributed by atoms with van der Waals surface area (Å²) in [5, 5.41) is 12.5. The van der Waals surface area contributed by atoms with Gasteiger partial charge in [0.05, 0.1) is 0 Å². The molecule has 0 heterocycles. The van der Waals surface area contributed by atoms with Crippen LogP contribution in [0.4, 0.5) is 0 Å². The summed E-state index contributed by atoms with van der Waals surface area (Å²) >= 11 is 0. The van der Waals surface area contributed by atoms with Crippen LogP contribution >= 0.6 is 0 Å². The Labute approximate surface area is 115 Å². The van der Waals surface area contributed by atoms with Gasteiger partial charge in [0.25, 0.3) is 0 Å². The molecule has 1 saturated carbocycles. The number of carboxylic acid groups (broad SMARTS) is 1. The highest BCUT2D eigenvalue weighted by Crippen LogP contribution is 2.25. The monoisotopic (exact) mass is 273 g/mol. The number of aliphatic carboxylic acids is 1. The van der Waals surface area contributed by atoms with Crippen molar-refractivity contribution in [3.8, 4) is 0 Å². The zero-order valence-corrected chi connectivity index (χ0v) is 12.1. The Balaban J connectivity index is 2.06. The molecule has 0 aromatic carbocycles. The summed E-state index contributed by atoms with van der Waals surface area (Å²) in [7, 11) is 1.68. The molecular weight excluding hydrogens is 246 g/mol. The van der Waals surface area contributed by atoms with E-state index in [1.54, 1.807) is 14.0 Å². The van der Waals surface area contributed by atoms with Crippen LogP contribution in [-0.2, 0) is 14.3 Å². The van der Waals surface area contributed by atoms with Gasteiger partial charge in [-0.15, -0.1) is 0 Å². The fraction of sp³-hybridized carbons (Fsp3) is 0.929. The van der Waals surface area contributed by atoms with Crippen LogP contribution in [0, 0.1) is 0 Å². The summed E-state index contributed by atoms with van der Waals surface area (Å²) in [5.74, 6) is -0.750. The number of methoxy groups -OCH3 is 1. The first-order valence-electron chi connectivity index (χ1n) is 7.16. The van der Waals surface area contributed by atoms with Gasteiger partial charge in [0, 0.05) is 33.0 Å². The quantitative estimate of drug-likeness (QED) is 0.531. The van der Waals surface area contributed by atoms with E-state index < -0.39 is 11.5 Å². The summed E-state index contributed by atoms with van der Waals surface area (Å²) in [6.45, 7) is 3.92. The highest BCUT2D eigenvalue weighted by Gasteiger charge is 2.37. The van der Waals surface area contributed by atoms with Crippen molar-refractivity contribution < 1.29 is 19.4 Å². The van der Waals surface area contributed by atoms with Gasteiger partial charge in [0.1, 0.15) is 5.54 Å². The largest absolute Gasteiger partial charge is 0.480 e. The molecule has 1 aliphatic carbocycles. The maximum atomic E-state index is 11.3. The molecule has 1 rings (SSSR count). The minimum Gasteiger partial charge on any atom is -0.480 e. The zero-order chi connectivity index (χ0) is 14.1. The van der Waals surface area contributed by atoms with Crippen LogP contribution in [0.5, 0.6) is 0 Å². The maximum Gasteiger partial charge on any atom is 0.323 e. The van der Waals surface area contributed by atoms with Crippen molar-refractivity contribution in [3.05, 3.63) is 0 Å². The van der Waals surface area contributed by atoms with Gasteiger partial charge in [-0.2, -0.15) is 0 Å². The number of carbonyl (C=O) groups is 1. The van der Waals surface area contributed by atoms with E-state index in [2.05, 4.69) is 5.32 Å². The molecule has 0 bridgehead atoms. The van der Waals surface area contributed by atoms with E-state index in [1.807, 2.05) is 0 Å². The van der Waals surface area contributed by atoms with Crippen LogP contribution in [0.3, 0.4) is 0 Å². The Morgan fingerprint density at radius 2 is 1.95 bits per heavy atom. The minimum absolute atomic E-state index is 0.409. The topological polar surface area (TPSA) is 67.8 Å². The molecule has 0 amide bonds. The maximum absolute atomic E-state index is 11.3. The normalized spacial score (nSPS) is 18.2. The predicted molar refractivity (Wildman–Crippen MR) is 73.4 cm³/mol. The minimum atomic E-state index is -0.781. The molecule has 1 fully saturated rings. The molecule has 1 atom stereocenters. The average Bonchev–Trinajstić information content (AvgIpc) is 3.16. The summed E-state index contributed by atoms with van der Waals surface area (Å²) in [5.41, 5.74) is -0.781. The lowest BCUT2D eigenvalue weighted by Gasteiger charge is -2.26. The van der Waals surface area contributed by atoms with Gasteiger partial charge in [-0.1, -0.05) is 0 Å². The van der Waals surface area contributed by atoms with Crippen molar-refractivity contribution >= 4 is 5.97 Å². The molecule has 5 nitrogen and oxygen atoms in total. The van der Waals surface area contributed by atoms with Crippen molar-refractivity contribution in [3.63, 3.8) is 0 Å². The number of unbranched alkanes of at least 4 members (excludes halogenated alkanes) is 1. The lowest BCUT2D eigenvalue weighted by Crippen LogP contribution is -2.50. The second-order valence-corrected chi connectivity index (χ2v) is 5.47. The van der Waals surface area contributed by atoms with Crippen LogP contribution in [0.15, 0.2) is 0 Å². The van der Waals surface area contributed by atoms with E-state index in [1.165, 1.54) is 0 Å². The van der Waals surface area contributed by atoms with E-state index >= 15 is 0 Å². The second kappa shape index (κ2) is 8.51. The van der Waals surface area contributed by atoms with E-state index in [0.717, 1.165) is 38.7 Å². The standard InChI is InChI=1S/C14H27NO4/c1-14(13(16)17,15-12-6-7-12)8-3-4-10-19-11-5-9-18-2/h12,15H,3-11H2,1-2H3,(H,16,17). The Hall–Kier alpha value is -0.650. The lowest BCUT2D eigenvalue weighted by atomic mass is 9.95. The van der Waals surface area contributed by atoms with E-state index in [4.69, 9.17) is 9.47 Å². The summed E-state index contributed by atoms with van der Waals surface area (Å²) in [6, 6.07) is 0.409. The molecule has 0 radical (unpaired) electrons. The van der Waals surface area contributed by atoms with E-state index in [0.29, 0.717) is 25.7 Å². The molecule has 0 aromatic rings. The fourth-order valence-corrected chi connectivity index (χ4v) is 2.01. The highest BCUT2D eigenvalue weighted by molar-refractivity contribution is 5.78. The van der Waals surface area contributed by atoms with Crippen molar-refractivity contribution in [2.75, 3.05) is 26.9 Å². The third kappa shape index (κ3) is 6.89. The van der Waals surface area contributed by atoms with Crippen LogP contribution in [0.2, 0.25) is 0 Å². The molecule has 5 heteroatoms. The van der Waals surface area contributed by atoms with E-state index in [-0.39, 0.29) is 0 Å². The second-order valence-electron chi connectivity index (χ2n) is 5.47. The molecule has 0 aromatic heterocycles. The molecule has 2 N–H and O–H groups in total. The Kier molecular flexibility index (Phi) is 7.34. The molecule has 0 saturated heterocycles. The van der Waals surface area contributed by atoms with Gasteiger partial charge in [0.2, 0.25) is 0 Å². The van der Waals surface area contributed by atoms with Crippen LogP contribution in [0.25, 0.3) is 0 Å². The number of nitrogens with one attached hydrogen (secondary N) is 1. The van der Waals surface area contributed by atoms with Gasteiger partial charge in [-0.05, 0) is 45.4 Å². The number of hydrogen-bond donors (Lipinski definition) is 2. The lowest BCUT2D eigenvalue weighted by molar-refractivity contribution is -0.144. The van der Waals surface area contributed by atoms with Gasteiger partial charge < -0.3 is 14.6 Å². The molecule has 1 aliphatic rings. The molecule has 19 heavy (non-hydrogen) atoms. The van der Waals surface area contributed by atoms with Crippen LogP contribution in [-0.4, -0.2) is 49.6 Å². The first-order valence-corrected chi connectivity index (χ1v) is 7.16. The van der Waals surface area contributed by atoms with Crippen molar-refractivity contribution in [2.24, 2.45) is 0 Å². The molecule has 0 aliphatic heterocycles. The molecular formula is C14H27NO4. The third-order valence-electron chi connectivity index (χ3n) is 3.42. The SMILES string of the molecule is COCCCOCCCCC(C)(NC1CC1)C(=O)O. The van der Waals surface area contributed by atoms with Gasteiger partial charge >= 0.3 is 5.97 Å². The number of hydrogen-bond acceptors (Lipinski definition) is 4. The summed E-state index contributed by atoms with van der Waals surface area (Å²) in [4.78, 5) is 11.3. The Bertz CT molecular complexity index is 268. The Morgan fingerprint density at radius 1 is 1.26 bits per heavy atom. The van der Waals surface area contributed by atoms with Gasteiger partial charge in [0.15, 0.2) is 0 Å². The molecule has 1 unspecified atom stereocenters. The third-order valence-corrected chi connectivity index (χ3v) is 3.42. The average molecular weight is 273 g/mol. The zero-order valence-electron chi connectivity index (χ0n) is 12.1. The van der Waals surface area contributed by atoms with Crippen LogP contribution < -0.4 is 5.32 Å². The fourth-order valence-electron chi connectivity index (χ4n) is 2.01. The number of ether oxygens (including phenoxy) is 2. The summed E-state index contributed by atoms with van der Waals surface area (Å²) < 4.78 is 10.4. The van der Waals surface area contributed by atoms with Gasteiger partial charge in [-0.3, -0.25) is 10.1 Å². The molecule has 0 spiro atoms. The Morgan fingerprint density at radius 3 is 2.53 bits per heavy atom. The van der Waals surface area contributed by atoms with Crippen molar-refractivity contribution in [1.82, 2.24) is 5.32 Å². The smallest absolute Gasteiger partial charge is 0.323 e. The van der Waals surface area contributed by atoms with Crippen molar-refractivity contribution in [1.29, 1.82) is 0 Å². The van der Waals surface area contributed by atoms with E-state index in [9.17, 15) is 9.90 Å². The number of carboxylic acids is 1. The highest BCUT2D eigenvalue weighted by atomic mass is 16.5. The van der Waals surface area contributed by atoms with Gasteiger partial charge in [-0.25, -0.2) is 0 Å². The number of rotatable bonds is 12. The summed E-state index contributed by atoms with van der Waals surface area (Å²) in [6.07, 6.45) is 5.54.